The zero-order valence-corrected chi connectivity index (χ0v) is 12.3. The van der Waals surface area contributed by atoms with Crippen molar-refractivity contribution in [1.29, 1.82) is 0 Å². The number of halogens is 3. The Labute approximate surface area is 122 Å². The number of sulfonamides is 1. The van der Waals surface area contributed by atoms with Crippen molar-refractivity contribution in [3.63, 3.8) is 0 Å². The van der Waals surface area contributed by atoms with E-state index in [-0.39, 0.29) is 15.7 Å². The quantitative estimate of drug-likeness (QED) is 0.848. The third-order valence-corrected chi connectivity index (χ3v) is 4.52. The highest BCUT2D eigenvalue weighted by Crippen LogP contribution is 2.24. The number of hydrogen-bond donors (Lipinski definition) is 1. The van der Waals surface area contributed by atoms with Crippen LogP contribution >= 0.6 is 27.5 Å². The van der Waals surface area contributed by atoms with Gasteiger partial charge in [-0.2, -0.15) is 0 Å². The first kappa shape index (κ1) is 14.2. The summed E-state index contributed by atoms with van der Waals surface area (Å²) >= 11 is 8.81. The van der Waals surface area contributed by atoms with Crippen molar-refractivity contribution in [1.82, 2.24) is 9.97 Å². The van der Waals surface area contributed by atoms with Crippen molar-refractivity contribution in [3.8, 4) is 0 Å². The third kappa shape index (κ3) is 3.40. The van der Waals surface area contributed by atoms with Gasteiger partial charge in [-0.3, -0.25) is 9.71 Å². The lowest BCUT2D eigenvalue weighted by atomic mass is 10.4. The van der Waals surface area contributed by atoms with Gasteiger partial charge in [-0.25, -0.2) is 17.8 Å². The average molecular weight is 367 g/mol. The zero-order chi connectivity index (χ0) is 14.0. The fourth-order valence-electron chi connectivity index (χ4n) is 1.23. The highest BCUT2D eigenvalue weighted by molar-refractivity contribution is 9.10. The van der Waals surface area contributed by atoms with Gasteiger partial charge in [0.05, 0.1) is 22.6 Å². The van der Waals surface area contributed by atoms with E-state index in [1.165, 1.54) is 12.3 Å². The van der Waals surface area contributed by atoms with Gasteiger partial charge in [-0.15, -0.1) is 0 Å². The Bertz CT molecular complexity index is 726. The molecule has 0 unspecified atom stereocenters. The van der Waals surface area contributed by atoms with Gasteiger partial charge >= 0.3 is 0 Å². The summed E-state index contributed by atoms with van der Waals surface area (Å²) in [4.78, 5) is 6.98. The molecule has 2 heterocycles. The van der Waals surface area contributed by atoms with Crippen LogP contribution in [0.4, 0.5) is 10.1 Å². The summed E-state index contributed by atoms with van der Waals surface area (Å²) in [5.74, 6) is -0.738. The Balaban J connectivity index is 2.33. The van der Waals surface area contributed by atoms with Crippen molar-refractivity contribution in [2.75, 3.05) is 4.72 Å². The molecule has 0 aromatic carbocycles. The first-order chi connectivity index (χ1) is 8.88. The van der Waals surface area contributed by atoms with Crippen LogP contribution in [-0.4, -0.2) is 18.4 Å². The minimum Gasteiger partial charge on any atom is -0.278 e. The van der Waals surface area contributed by atoms with Crippen molar-refractivity contribution in [3.05, 3.63) is 46.2 Å². The highest BCUT2D eigenvalue weighted by atomic mass is 79.9. The predicted octanol–water partition coefficient (Wildman–Crippen LogP) is 2.83. The second-order valence-corrected chi connectivity index (χ2v) is 6.34. The van der Waals surface area contributed by atoms with E-state index in [9.17, 15) is 12.8 Å². The molecule has 0 aliphatic heterocycles. The van der Waals surface area contributed by atoms with Crippen LogP contribution in [0.2, 0.25) is 5.15 Å². The third-order valence-electron chi connectivity index (χ3n) is 2.04. The lowest BCUT2D eigenvalue weighted by Gasteiger charge is -2.08. The Morgan fingerprint density at radius 2 is 2.00 bits per heavy atom. The number of pyridine rings is 2. The Hall–Kier alpha value is -1.25. The minimum atomic E-state index is -3.92. The van der Waals surface area contributed by atoms with E-state index in [1.54, 1.807) is 0 Å². The van der Waals surface area contributed by atoms with E-state index in [4.69, 9.17) is 11.6 Å². The standard InChI is InChI=1S/C10H6BrClFN3O2S/c11-9-2-7(4-15-10(9)12)16-19(17,18)8-1-6(13)3-14-5-8/h1-5,16H. The second-order valence-electron chi connectivity index (χ2n) is 3.44. The molecule has 1 N–H and O–H groups in total. The molecule has 0 fully saturated rings. The summed E-state index contributed by atoms with van der Waals surface area (Å²) in [6.45, 7) is 0. The van der Waals surface area contributed by atoms with Crippen LogP contribution in [0.3, 0.4) is 0 Å². The number of nitrogens with zero attached hydrogens (tertiary/aromatic N) is 2. The molecule has 0 spiro atoms. The summed E-state index contributed by atoms with van der Waals surface area (Å²) in [5.41, 5.74) is 0.195. The minimum absolute atomic E-state index is 0.195. The van der Waals surface area contributed by atoms with Gasteiger partial charge in [0.25, 0.3) is 10.0 Å². The lowest BCUT2D eigenvalue weighted by Crippen LogP contribution is -2.13. The van der Waals surface area contributed by atoms with Crippen molar-refractivity contribution < 1.29 is 12.8 Å². The van der Waals surface area contributed by atoms with Gasteiger partial charge in [-0.1, -0.05) is 11.6 Å². The fourth-order valence-corrected chi connectivity index (χ4v) is 2.69. The van der Waals surface area contributed by atoms with Gasteiger partial charge in [0.1, 0.15) is 15.9 Å². The van der Waals surface area contributed by atoms with E-state index in [0.29, 0.717) is 4.47 Å². The van der Waals surface area contributed by atoms with Gasteiger partial charge < -0.3 is 0 Å². The van der Waals surface area contributed by atoms with E-state index in [0.717, 1.165) is 18.5 Å². The smallest absolute Gasteiger partial charge is 0.263 e. The van der Waals surface area contributed by atoms with Crippen molar-refractivity contribution in [2.24, 2.45) is 0 Å². The first-order valence-corrected chi connectivity index (χ1v) is 7.48. The van der Waals surface area contributed by atoms with Gasteiger partial charge in [0.15, 0.2) is 0 Å². The van der Waals surface area contributed by atoms with E-state index >= 15 is 0 Å². The molecule has 0 saturated carbocycles. The lowest BCUT2D eigenvalue weighted by molar-refractivity contribution is 0.592. The number of nitrogens with one attached hydrogen (secondary N) is 1. The van der Waals surface area contributed by atoms with E-state index in [1.807, 2.05) is 0 Å². The molecule has 0 aliphatic rings. The number of anilines is 1. The molecule has 100 valence electrons. The molecule has 19 heavy (non-hydrogen) atoms. The van der Waals surface area contributed by atoms with Gasteiger partial charge in [-0.05, 0) is 28.1 Å². The molecular weight excluding hydrogens is 361 g/mol. The Morgan fingerprint density at radius 3 is 2.63 bits per heavy atom. The molecule has 2 aromatic rings. The monoisotopic (exact) mass is 365 g/mol. The normalized spacial score (nSPS) is 11.3. The predicted molar refractivity (Wildman–Crippen MR) is 72.0 cm³/mol. The molecule has 0 atom stereocenters. The Kier molecular flexibility index (Phi) is 4.02. The van der Waals surface area contributed by atoms with Crippen LogP contribution in [0, 0.1) is 5.82 Å². The van der Waals surface area contributed by atoms with E-state index in [2.05, 4.69) is 30.6 Å². The largest absolute Gasteiger partial charge is 0.278 e. The molecule has 0 saturated heterocycles. The molecular formula is C10H6BrClFN3O2S. The fraction of sp³-hybridized carbons (Fsp3) is 0. The van der Waals surface area contributed by atoms with Crippen LogP contribution in [0.25, 0.3) is 0 Å². The van der Waals surface area contributed by atoms with Crippen LogP contribution in [0.1, 0.15) is 0 Å². The summed E-state index contributed by atoms with van der Waals surface area (Å²) < 4.78 is 39.6. The van der Waals surface area contributed by atoms with Gasteiger partial charge in [0, 0.05) is 6.20 Å². The van der Waals surface area contributed by atoms with Crippen LogP contribution in [0.15, 0.2) is 40.1 Å². The molecule has 2 rings (SSSR count). The zero-order valence-electron chi connectivity index (χ0n) is 9.14. The number of rotatable bonds is 3. The van der Waals surface area contributed by atoms with Crippen LogP contribution in [0.5, 0.6) is 0 Å². The molecule has 9 heteroatoms. The maximum Gasteiger partial charge on any atom is 0.263 e. The molecule has 0 amide bonds. The summed E-state index contributed by atoms with van der Waals surface area (Å²) in [7, 11) is -3.92. The molecule has 2 aromatic heterocycles. The summed E-state index contributed by atoms with van der Waals surface area (Å²) in [6, 6.07) is 2.31. The maximum atomic E-state index is 13.0. The topological polar surface area (TPSA) is 72.0 Å². The first-order valence-electron chi connectivity index (χ1n) is 4.83. The molecule has 0 bridgehead atoms. The molecule has 0 aliphatic carbocycles. The molecule has 0 radical (unpaired) electrons. The summed E-state index contributed by atoms with van der Waals surface area (Å²) in [6.07, 6.45) is 3.21. The van der Waals surface area contributed by atoms with Crippen molar-refractivity contribution in [2.45, 2.75) is 4.90 Å². The maximum absolute atomic E-state index is 13.0. The molecule has 5 nitrogen and oxygen atoms in total. The number of hydrogen-bond acceptors (Lipinski definition) is 4. The SMILES string of the molecule is O=S(=O)(Nc1cnc(Cl)c(Br)c1)c1cncc(F)c1. The van der Waals surface area contributed by atoms with Crippen molar-refractivity contribution >= 4 is 43.2 Å². The Morgan fingerprint density at radius 1 is 1.26 bits per heavy atom. The second kappa shape index (κ2) is 5.40. The summed E-state index contributed by atoms with van der Waals surface area (Å²) in [5, 5.41) is 0.204. The average Bonchev–Trinajstić information content (AvgIpc) is 2.33. The van der Waals surface area contributed by atoms with Gasteiger partial charge in [0.2, 0.25) is 0 Å². The number of aromatic nitrogens is 2. The highest BCUT2D eigenvalue weighted by Gasteiger charge is 2.16. The van der Waals surface area contributed by atoms with Crippen LogP contribution < -0.4 is 4.72 Å². The van der Waals surface area contributed by atoms with Crippen LogP contribution in [-0.2, 0) is 10.0 Å². The van der Waals surface area contributed by atoms with E-state index < -0.39 is 15.8 Å².